The van der Waals surface area contributed by atoms with Gasteiger partial charge in [-0.05, 0) is 66.7 Å². The molecule has 0 aliphatic heterocycles. The Morgan fingerprint density at radius 3 is 2.33 bits per heavy atom. The van der Waals surface area contributed by atoms with E-state index in [2.05, 4.69) is 85.1 Å². The second kappa shape index (κ2) is 7.80. The fraction of sp³-hybridized carbons (Fsp3) is 0.333. The van der Waals surface area contributed by atoms with Gasteiger partial charge in [-0.25, -0.2) is 0 Å². The van der Waals surface area contributed by atoms with Gasteiger partial charge in [0.25, 0.3) is 0 Å². The average Bonchev–Trinajstić information content (AvgIpc) is 2.46. The van der Waals surface area contributed by atoms with Crippen molar-refractivity contribution in [1.82, 2.24) is 5.32 Å². The molecule has 0 spiro atoms. The molecule has 0 aliphatic rings. The third kappa shape index (κ3) is 4.45. The first-order valence-corrected chi connectivity index (χ1v) is 8.44. The van der Waals surface area contributed by atoms with Crippen LogP contribution in [0.3, 0.4) is 0 Å². The third-order valence-corrected chi connectivity index (χ3v) is 3.92. The van der Waals surface area contributed by atoms with Gasteiger partial charge in [0.15, 0.2) is 0 Å². The van der Waals surface area contributed by atoms with E-state index in [0.717, 1.165) is 12.3 Å². The molecule has 0 aromatic heterocycles. The molecule has 0 bridgehead atoms. The zero-order valence-corrected chi connectivity index (χ0v) is 14.9. The highest BCUT2D eigenvalue weighted by atomic mass is 127. The lowest BCUT2D eigenvalue weighted by Gasteiger charge is -2.23. The average molecular weight is 395 g/mol. The van der Waals surface area contributed by atoms with Crippen molar-refractivity contribution >= 4 is 22.6 Å². The molecule has 0 saturated carbocycles. The molecule has 21 heavy (non-hydrogen) atoms. The summed E-state index contributed by atoms with van der Waals surface area (Å²) in [5.74, 6) is 0.956. The number of benzene rings is 2. The fourth-order valence-electron chi connectivity index (χ4n) is 2.35. The van der Waals surface area contributed by atoms with Crippen LogP contribution in [0.4, 0.5) is 0 Å². The van der Waals surface area contributed by atoms with Gasteiger partial charge in [-0.1, -0.05) is 37.3 Å². The van der Waals surface area contributed by atoms with E-state index in [1.165, 1.54) is 14.7 Å². The predicted octanol–water partition coefficient (Wildman–Crippen LogP) is 4.78. The standard InChI is InChI=1S/C18H22INO/c1-4-20-18(14-9-11-15(19)12-10-14)16-7-5-6-8-17(16)21-13(2)3/h5-13,18,20H,4H2,1-3H3. The van der Waals surface area contributed by atoms with E-state index in [1.54, 1.807) is 0 Å². The van der Waals surface area contributed by atoms with Gasteiger partial charge in [0, 0.05) is 9.13 Å². The first-order chi connectivity index (χ1) is 10.1. The Bertz CT molecular complexity index is 566. The minimum atomic E-state index is 0.155. The van der Waals surface area contributed by atoms with E-state index in [4.69, 9.17) is 4.74 Å². The Labute approximate surface area is 141 Å². The van der Waals surface area contributed by atoms with Crippen molar-refractivity contribution in [3.05, 3.63) is 63.2 Å². The smallest absolute Gasteiger partial charge is 0.124 e. The molecule has 1 N–H and O–H groups in total. The van der Waals surface area contributed by atoms with E-state index in [1.807, 2.05) is 12.1 Å². The van der Waals surface area contributed by atoms with Gasteiger partial charge in [-0.3, -0.25) is 0 Å². The molecule has 0 radical (unpaired) electrons. The second-order valence-corrected chi connectivity index (χ2v) is 6.49. The number of para-hydroxylation sites is 1. The van der Waals surface area contributed by atoms with Crippen LogP contribution >= 0.6 is 22.6 Å². The van der Waals surface area contributed by atoms with Gasteiger partial charge < -0.3 is 10.1 Å². The van der Waals surface area contributed by atoms with Gasteiger partial charge in [-0.2, -0.15) is 0 Å². The van der Waals surface area contributed by atoms with Crippen LogP contribution in [0.5, 0.6) is 5.75 Å². The largest absolute Gasteiger partial charge is 0.491 e. The first-order valence-electron chi connectivity index (χ1n) is 7.36. The van der Waals surface area contributed by atoms with Gasteiger partial charge in [0.05, 0.1) is 12.1 Å². The minimum Gasteiger partial charge on any atom is -0.491 e. The molecule has 0 heterocycles. The molecule has 0 amide bonds. The molecular weight excluding hydrogens is 373 g/mol. The number of nitrogens with one attached hydrogen (secondary N) is 1. The molecule has 3 heteroatoms. The van der Waals surface area contributed by atoms with E-state index in [9.17, 15) is 0 Å². The summed E-state index contributed by atoms with van der Waals surface area (Å²) >= 11 is 2.33. The maximum absolute atomic E-state index is 5.98. The van der Waals surface area contributed by atoms with E-state index in [-0.39, 0.29) is 12.1 Å². The Morgan fingerprint density at radius 1 is 1.05 bits per heavy atom. The Morgan fingerprint density at radius 2 is 1.71 bits per heavy atom. The van der Waals surface area contributed by atoms with Crippen molar-refractivity contribution in [2.24, 2.45) is 0 Å². The van der Waals surface area contributed by atoms with Crippen molar-refractivity contribution in [2.75, 3.05) is 6.54 Å². The maximum atomic E-state index is 5.98. The highest BCUT2D eigenvalue weighted by molar-refractivity contribution is 14.1. The summed E-state index contributed by atoms with van der Waals surface area (Å²) in [6.07, 6.45) is 0.171. The minimum absolute atomic E-state index is 0.155. The zero-order chi connectivity index (χ0) is 15.2. The Kier molecular flexibility index (Phi) is 6.06. The predicted molar refractivity (Wildman–Crippen MR) is 96.9 cm³/mol. The summed E-state index contributed by atoms with van der Waals surface area (Å²) in [6.45, 7) is 7.16. The summed E-state index contributed by atoms with van der Waals surface area (Å²) in [6, 6.07) is 17.1. The van der Waals surface area contributed by atoms with Gasteiger partial charge in [-0.15, -0.1) is 0 Å². The molecule has 0 fully saturated rings. The highest BCUT2D eigenvalue weighted by Crippen LogP contribution is 2.31. The summed E-state index contributed by atoms with van der Waals surface area (Å²) in [5, 5.41) is 3.57. The van der Waals surface area contributed by atoms with Gasteiger partial charge in [0.2, 0.25) is 0 Å². The van der Waals surface area contributed by atoms with Crippen molar-refractivity contribution < 1.29 is 4.74 Å². The van der Waals surface area contributed by atoms with Crippen LogP contribution in [0.2, 0.25) is 0 Å². The van der Waals surface area contributed by atoms with Crippen LogP contribution in [-0.2, 0) is 0 Å². The zero-order valence-electron chi connectivity index (χ0n) is 12.8. The van der Waals surface area contributed by atoms with Gasteiger partial charge in [0.1, 0.15) is 5.75 Å². The van der Waals surface area contributed by atoms with E-state index < -0.39 is 0 Å². The first kappa shape index (κ1) is 16.3. The van der Waals surface area contributed by atoms with Crippen LogP contribution in [0.15, 0.2) is 48.5 Å². The second-order valence-electron chi connectivity index (χ2n) is 5.25. The van der Waals surface area contributed by atoms with Gasteiger partial charge >= 0.3 is 0 Å². The summed E-state index contributed by atoms with van der Waals surface area (Å²) in [4.78, 5) is 0. The Balaban J connectivity index is 2.40. The molecule has 1 unspecified atom stereocenters. The number of rotatable bonds is 6. The normalized spacial score (nSPS) is 12.4. The molecule has 2 aromatic carbocycles. The molecular formula is C18H22INO. The SMILES string of the molecule is CCNC(c1ccc(I)cc1)c1ccccc1OC(C)C. The summed E-state index contributed by atoms with van der Waals surface area (Å²) in [5.41, 5.74) is 2.45. The molecule has 2 rings (SSSR count). The monoisotopic (exact) mass is 395 g/mol. The number of ether oxygens (including phenoxy) is 1. The van der Waals surface area contributed by atoms with Crippen LogP contribution in [0.1, 0.15) is 37.9 Å². The summed E-state index contributed by atoms with van der Waals surface area (Å²) in [7, 11) is 0. The maximum Gasteiger partial charge on any atom is 0.124 e. The van der Waals surface area contributed by atoms with Crippen LogP contribution in [0.25, 0.3) is 0 Å². The van der Waals surface area contributed by atoms with E-state index >= 15 is 0 Å². The lowest BCUT2D eigenvalue weighted by molar-refractivity contribution is 0.238. The quantitative estimate of drug-likeness (QED) is 0.711. The molecule has 1 atom stereocenters. The van der Waals surface area contributed by atoms with Crippen LogP contribution in [-0.4, -0.2) is 12.6 Å². The Hall–Kier alpha value is -1.07. The molecule has 0 saturated heterocycles. The number of halogens is 1. The fourth-order valence-corrected chi connectivity index (χ4v) is 2.71. The topological polar surface area (TPSA) is 21.3 Å². The van der Waals surface area contributed by atoms with Crippen molar-refractivity contribution in [3.8, 4) is 5.75 Å². The number of hydrogen-bond donors (Lipinski definition) is 1. The summed E-state index contributed by atoms with van der Waals surface area (Å²) < 4.78 is 7.22. The lowest BCUT2D eigenvalue weighted by atomic mass is 9.97. The molecule has 0 aliphatic carbocycles. The third-order valence-electron chi connectivity index (χ3n) is 3.20. The molecule has 2 aromatic rings. The van der Waals surface area contributed by atoms with Crippen LogP contribution in [0, 0.1) is 3.57 Å². The van der Waals surface area contributed by atoms with Crippen LogP contribution < -0.4 is 10.1 Å². The van der Waals surface area contributed by atoms with Crippen molar-refractivity contribution in [2.45, 2.75) is 32.9 Å². The molecule has 112 valence electrons. The number of hydrogen-bond acceptors (Lipinski definition) is 2. The van der Waals surface area contributed by atoms with E-state index in [0.29, 0.717) is 0 Å². The van der Waals surface area contributed by atoms with Crippen molar-refractivity contribution in [3.63, 3.8) is 0 Å². The van der Waals surface area contributed by atoms with Crippen molar-refractivity contribution in [1.29, 1.82) is 0 Å². The molecule has 2 nitrogen and oxygen atoms in total. The highest BCUT2D eigenvalue weighted by Gasteiger charge is 2.17. The lowest BCUT2D eigenvalue weighted by Crippen LogP contribution is -2.23.